The number of halogens is 1. The van der Waals surface area contributed by atoms with Gasteiger partial charge in [0.15, 0.2) is 6.04 Å². The normalized spacial score (nSPS) is 11.9. The maximum Gasteiger partial charge on any atom is 0.330 e. The Morgan fingerprint density at radius 3 is 2.47 bits per heavy atom. The second-order valence-electron chi connectivity index (χ2n) is 3.32. The Morgan fingerprint density at radius 2 is 2.00 bits per heavy atom. The summed E-state index contributed by atoms with van der Waals surface area (Å²) in [6, 6.07) is 5.82. The summed E-state index contributed by atoms with van der Waals surface area (Å²) in [5.41, 5.74) is 0.551. The number of hydrogen-bond acceptors (Lipinski definition) is 3. The number of rotatable bonds is 5. The summed E-state index contributed by atoms with van der Waals surface area (Å²) in [4.78, 5) is 22.5. The molecular formula is C11H12BrNO3S. The van der Waals surface area contributed by atoms with Crippen LogP contribution in [0.3, 0.4) is 0 Å². The van der Waals surface area contributed by atoms with E-state index in [2.05, 4.69) is 21.2 Å². The van der Waals surface area contributed by atoms with E-state index in [1.54, 1.807) is 30.5 Å². The molecular weight excluding hydrogens is 306 g/mol. The van der Waals surface area contributed by atoms with Crippen LogP contribution >= 0.6 is 27.7 Å². The molecule has 0 aliphatic carbocycles. The first-order valence-corrected chi connectivity index (χ1v) is 7.00. The quantitative estimate of drug-likeness (QED) is 0.872. The van der Waals surface area contributed by atoms with Crippen LogP contribution in [0, 0.1) is 0 Å². The van der Waals surface area contributed by atoms with Gasteiger partial charge in [-0.15, -0.1) is 0 Å². The third kappa shape index (κ3) is 4.40. The van der Waals surface area contributed by atoms with Crippen molar-refractivity contribution in [1.29, 1.82) is 0 Å². The third-order valence-corrected chi connectivity index (χ3v) is 3.11. The van der Waals surface area contributed by atoms with Gasteiger partial charge in [0.25, 0.3) is 0 Å². The Hall–Kier alpha value is -1.01. The molecule has 4 nitrogen and oxygen atoms in total. The van der Waals surface area contributed by atoms with Crippen molar-refractivity contribution in [2.24, 2.45) is 0 Å². The molecule has 1 aromatic carbocycles. The summed E-state index contributed by atoms with van der Waals surface area (Å²) in [5.74, 6) is -1.10. The van der Waals surface area contributed by atoms with E-state index in [0.717, 1.165) is 4.47 Å². The van der Waals surface area contributed by atoms with Gasteiger partial charge in [0.1, 0.15) is 0 Å². The molecule has 0 fully saturated rings. The van der Waals surface area contributed by atoms with E-state index in [-0.39, 0.29) is 11.7 Å². The lowest BCUT2D eigenvalue weighted by molar-refractivity contribution is -0.141. The lowest BCUT2D eigenvalue weighted by atomic mass is 10.1. The van der Waals surface area contributed by atoms with E-state index in [1.807, 2.05) is 0 Å². The van der Waals surface area contributed by atoms with Gasteiger partial charge in [0, 0.05) is 4.47 Å². The van der Waals surface area contributed by atoms with Crippen molar-refractivity contribution in [2.45, 2.75) is 6.04 Å². The van der Waals surface area contributed by atoms with Gasteiger partial charge >= 0.3 is 5.97 Å². The smallest absolute Gasteiger partial charge is 0.330 e. The summed E-state index contributed by atoms with van der Waals surface area (Å²) < 4.78 is 0.862. The molecule has 0 radical (unpaired) electrons. The number of carbonyl (C=O) groups is 2. The second kappa shape index (κ2) is 6.66. The average Bonchev–Trinajstić information content (AvgIpc) is 2.27. The summed E-state index contributed by atoms with van der Waals surface area (Å²) in [6.45, 7) is 0. The van der Waals surface area contributed by atoms with Crippen LogP contribution in [-0.2, 0) is 9.59 Å². The lowest BCUT2D eigenvalue weighted by Crippen LogP contribution is -2.34. The van der Waals surface area contributed by atoms with Gasteiger partial charge in [-0.1, -0.05) is 28.1 Å². The first kappa shape index (κ1) is 14.1. The highest BCUT2D eigenvalue weighted by Crippen LogP contribution is 2.17. The monoisotopic (exact) mass is 317 g/mol. The van der Waals surface area contributed by atoms with Crippen LogP contribution in [0.15, 0.2) is 28.7 Å². The van der Waals surface area contributed by atoms with Gasteiger partial charge < -0.3 is 10.4 Å². The summed E-state index contributed by atoms with van der Waals surface area (Å²) in [7, 11) is 0. The number of amides is 1. The first-order valence-electron chi connectivity index (χ1n) is 4.81. The van der Waals surface area contributed by atoms with E-state index in [9.17, 15) is 9.59 Å². The minimum Gasteiger partial charge on any atom is -0.479 e. The highest BCUT2D eigenvalue weighted by Gasteiger charge is 2.21. The van der Waals surface area contributed by atoms with Crippen LogP contribution in [0.2, 0.25) is 0 Å². The predicted molar refractivity (Wildman–Crippen MR) is 71.0 cm³/mol. The van der Waals surface area contributed by atoms with Crippen molar-refractivity contribution < 1.29 is 14.7 Å². The summed E-state index contributed by atoms with van der Waals surface area (Å²) in [5, 5.41) is 11.6. The van der Waals surface area contributed by atoms with Crippen molar-refractivity contribution in [3.63, 3.8) is 0 Å². The Balaban J connectivity index is 2.82. The Labute approximate surface area is 112 Å². The van der Waals surface area contributed by atoms with E-state index in [1.165, 1.54) is 11.8 Å². The molecule has 2 N–H and O–H groups in total. The van der Waals surface area contributed by atoms with Crippen LogP contribution in [0.25, 0.3) is 0 Å². The number of thioether (sulfide) groups is 1. The minimum atomic E-state index is -1.07. The molecule has 17 heavy (non-hydrogen) atoms. The molecule has 1 unspecified atom stereocenters. The molecule has 0 saturated carbocycles. The van der Waals surface area contributed by atoms with Gasteiger partial charge in [-0.2, -0.15) is 11.8 Å². The summed E-state index contributed by atoms with van der Waals surface area (Å²) in [6.07, 6.45) is 1.79. The first-order chi connectivity index (χ1) is 8.04. The highest BCUT2D eigenvalue weighted by molar-refractivity contribution is 9.10. The van der Waals surface area contributed by atoms with Crippen LogP contribution in [-0.4, -0.2) is 29.0 Å². The zero-order valence-corrected chi connectivity index (χ0v) is 11.5. The zero-order chi connectivity index (χ0) is 12.8. The molecule has 1 atom stereocenters. The molecule has 6 heteroatoms. The van der Waals surface area contributed by atoms with Gasteiger partial charge in [-0.25, -0.2) is 4.79 Å². The average molecular weight is 318 g/mol. The number of nitrogens with one attached hydrogen (secondary N) is 1. The number of carboxylic acid groups (broad SMARTS) is 1. The molecule has 92 valence electrons. The fourth-order valence-corrected chi connectivity index (χ4v) is 1.89. The van der Waals surface area contributed by atoms with Crippen molar-refractivity contribution in [2.75, 3.05) is 12.0 Å². The SMILES string of the molecule is CSCC(=O)NC(C(=O)O)c1ccc(Br)cc1. The predicted octanol–water partition coefficient (Wildman–Crippen LogP) is 2.05. The van der Waals surface area contributed by atoms with Gasteiger partial charge in [0.05, 0.1) is 5.75 Å². The molecule has 1 amide bonds. The van der Waals surface area contributed by atoms with Crippen LogP contribution in [0.5, 0.6) is 0 Å². The number of hydrogen-bond donors (Lipinski definition) is 2. The standard InChI is InChI=1S/C11H12BrNO3S/c1-17-6-9(14)13-10(11(15)16)7-2-4-8(12)5-3-7/h2-5,10H,6H2,1H3,(H,13,14)(H,15,16). The molecule has 0 saturated heterocycles. The molecule has 0 aliphatic rings. The van der Waals surface area contributed by atoms with Crippen LogP contribution in [0.1, 0.15) is 11.6 Å². The van der Waals surface area contributed by atoms with Crippen LogP contribution in [0.4, 0.5) is 0 Å². The van der Waals surface area contributed by atoms with Gasteiger partial charge in [0.2, 0.25) is 5.91 Å². The number of benzene rings is 1. The largest absolute Gasteiger partial charge is 0.479 e. The minimum absolute atomic E-state index is 0.250. The van der Waals surface area contributed by atoms with Crippen LogP contribution < -0.4 is 5.32 Å². The summed E-state index contributed by atoms with van der Waals surface area (Å²) >= 11 is 4.62. The van der Waals surface area contributed by atoms with Crippen molar-refractivity contribution in [1.82, 2.24) is 5.32 Å². The van der Waals surface area contributed by atoms with Crippen molar-refractivity contribution >= 4 is 39.6 Å². The Kier molecular flexibility index (Phi) is 5.50. The topological polar surface area (TPSA) is 66.4 Å². The molecule has 0 spiro atoms. The molecule has 1 rings (SSSR count). The number of carboxylic acids is 1. The number of aliphatic carboxylic acids is 1. The van der Waals surface area contributed by atoms with E-state index < -0.39 is 12.0 Å². The lowest BCUT2D eigenvalue weighted by Gasteiger charge is -2.14. The fraction of sp³-hybridized carbons (Fsp3) is 0.273. The number of carbonyl (C=O) groups excluding carboxylic acids is 1. The van der Waals surface area contributed by atoms with Crippen molar-refractivity contribution in [3.8, 4) is 0 Å². The van der Waals surface area contributed by atoms with E-state index >= 15 is 0 Å². The zero-order valence-electron chi connectivity index (χ0n) is 9.14. The van der Waals surface area contributed by atoms with E-state index in [4.69, 9.17) is 5.11 Å². The highest BCUT2D eigenvalue weighted by atomic mass is 79.9. The van der Waals surface area contributed by atoms with E-state index in [0.29, 0.717) is 5.56 Å². The van der Waals surface area contributed by atoms with Gasteiger partial charge in [-0.3, -0.25) is 4.79 Å². The molecule has 0 aliphatic heterocycles. The maximum atomic E-state index is 11.4. The second-order valence-corrected chi connectivity index (χ2v) is 5.11. The Bertz CT molecular complexity index is 408. The fourth-order valence-electron chi connectivity index (χ4n) is 1.28. The maximum absolute atomic E-state index is 11.4. The Morgan fingerprint density at radius 1 is 1.41 bits per heavy atom. The molecule has 0 aromatic heterocycles. The van der Waals surface area contributed by atoms with Gasteiger partial charge in [-0.05, 0) is 24.0 Å². The molecule has 0 heterocycles. The third-order valence-electron chi connectivity index (χ3n) is 2.03. The molecule has 1 aromatic rings. The molecule has 0 bridgehead atoms. The van der Waals surface area contributed by atoms with Crippen molar-refractivity contribution in [3.05, 3.63) is 34.3 Å².